The molecule has 0 fully saturated rings. The molecule has 0 aliphatic carbocycles. The van der Waals surface area contributed by atoms with Crippen LogP contribution in [0.2, 0.25) is 5.15 Å². The largest absolute Gasteiger partial charge is 0.465 e. The van der Waals surface area contributed by atoms with Crippen LogP contribution in [0.25, 0.3) is 10.8 Å². The minimum atomic E-state index is -0.371. The van der Waals surface area contributed by atoms with Crippen LogP contribution in [0.3, 0.4) is 0 Å². The molecule has 0 aliphatic heterocycles. The van der Waals surface area contributed by atoms with E-state index in [-0.39, 0.29) is 5.97 Å². The van der Waals surface area contributed by atoms with Gasteiger partial charge in [0.2, 0.25) is 0 Å². The number of esters is 1. The molecule has 3 nitrogen and oxygen atoms in total. The summed E-state index contributed by atoms with van der Waals surface area (Å²) in [5.74, 6) is -0.371. The second-order valence-electron chi connectivity index (χ2n) is 3.03. The van der Waals surface area contributed by atoms with E-state index in [9.17, 15) is 4.79 Å². The third-order valence-electron chi connectivity index (χ3n) is 2.14. The van der Waals surface area contributed by atoms with Crippen molar-refractivity contribution in [2.75, 3.05) is 7.11 Å². The molecular weight excluding hydrogens is 214 g/mol. The van der Waals surface area contributed by atoms with Crippen LogP contribution in [-0.4, -0.2) is 18.1 Å². The van der Waals surface area contributed by atoms with E-state index in [1.807, 2.05) is 6.07 Å². The number of aromatic nitrogens is 1. The number of fused-ring (bicyclic) bond motifs is 1. The van der Waals surface area contributed by atoms with Crippen molar-refractivity contribution in [2.24, 2.45) is 0 Å². The van der Waals surface area contributed by atoms with Crippen molar-refractivity contribution in [3.05, 3.63) is 41.2 Å². The lowest BCUT2D eigenvalue weighted by Gasteiger charge is -2.03. The zero-order chi connectivity index (χ0) is 10.8. The molecule has 76 valence electrons. The summed E-state index contributed by atoms with van der Waals surface area (Å²) >= 11 is 5.76. The maximum absolute atomic E-state index is 11.4. The molecular formula is C11H8ClNO2. The van der Waals surface area contributed by atoms with Crippen LogP contribution in [0.1, 0.15) is 10.4 Å². The Kier molecular flexibility index (Phi) is 2.56. The summed E-state index contributed by atoms with van der Waals surface area (Å²) in [6.45, 7) is 0. The van der Waals surface area contributed by atoms with Crippen LogP contribution in [-0.2, 0) is 4.74 Å². The van der Waals surface area contributed by atoms with Crippen LogP contribution in [0, 0.1) is 0 Å². The number of pyridine rings is 1. The fourth-order valence-electron chi connectivity index (χ4n) is 1.43. The number of benzene rings is 1. The first kappa shape index (κ1) is 9.93. The highest BCUT2D eigenvalue weighted by atomic mass is 35.5. The van der Waals surface area contributed by atoms with Gasteiger partial charge < -0.3 is 4.74 Å². The first-order valence-corrected chi connectivity index (χ1v) is 4.73. The molecule has 0 N–H and O–H groups in total. The van der Waals surface area contributed by atoms with Crippen molar-refractivity contribution >= 4 is 28.3 Å². The molecule has 2 aromatic rings. The van der Waals surface area contributed by atoms with E-state index in [2.05, 4.69) is 9.72 Å². The van der Waals surface area contributed by atoms with Crippen molar-refractivity contribution in [1.82, 2.24) is 4.98 Å². The zero-order valence-corrected chi connectivity index (χ0v) is 8.78. The van der Waals surface area contributed by atoms with Crippen LogP contribution in [0.5, 0.6) is 0 Å². The van der Waals surface area contributed by atoms with Crippen molar-refractivity contribution in [3.63, 3.8) is 0 Å². The van der Waals surface area contributed by atoms with Gasteiger partial charge in [-0.2, -0.15) is 0 Å². The molecule has 0 radical (unpaired) electrons. The molecule has 15 heavy (non-hydrogen) atoms. The number of nitrogens with zero attached hydrogens (tertiary/aromatic N) is 1. The van der Waals surface area contributed by atoms with Crippen LogP contribution in [0.4, 0.5) is 0 Å². The van der Waals surface area contributed by atoms with E-state index in [0.717, 1.165) is 10.8 Å². The average molecular weight is 222 g/mol. The molecule has 0 spiro atoms. The lowest BCUT2D eigenvalue weighted by molar-refractivity contribution is 0.0603. The van der Waals surface area contributed by atoms with Gasteiger partial charge in [0, 0.05) is 11.6 Å². The number of ether oxygens (including phenoxy) is 1. The van der Waals surface area contributed by atoms with Gasteiger partial charge in [-0.05, 0) is 17.5 Å². The lowest BCUT2D eigenvalue weighted by Crippen LogP contribution is -2.01. The summed E-state index contributed by atoms with van der Waals surface area (Å²) in [4.78, 5) is 15.4. The smallest absolute Gasteiger partial charge is 0.338 e. The third-order valence-corrected chi connectivity index (χ3v) is 2.34. The van der Waals surface area contributed by atoms with Gasteiger partial charge in [0.05, 0.1) is 12.7 Å². The molecule has 0 unspecified atom stereocenters. The second kappa shape index (κ2) is 3.87. The van der Waals surface area contributed by atoms with Gasteiger partial charge in [-0.15, -0.1) is 0 Å². The molecule has 4 heteroatoms. The Hall–Kier alpha value is -1.61. The summed E-state index contributed by atoms with van der Waals surface area (Å²) in [6.07, 6.45) is 1.57. The summed E-state index contributed by atoms with van der Waals surface area (Å²) in [6, 6.07) is 7.06. The number of halogens is 1. The predicted molar refractivity (Wildman–Crippen MR) is 58.1 cm³/mol. The monoisotopic (exact) mass is 221 g/mol. The van der Waals surface area contributed by atoms with Crippen molar-refractivity contribution < 1.29 is 9.53 Å². The summed E-state index contributed by atoms with van der Waals surface area (Å²) in [5.41, 5.74) is 0.499. The number of methoxy groups -OCH3 is 1. The highest BCUT2D eigenvalue weighted by Crippen LogP contribution is 2.21. The fourth-order valence-corrected chi connectivity index (χ4v) is 1.60. The molecule has 0 saturated carbocycles. The summed E-state index contributed by atoms with van der Waals surface area (Å²) < 4.78 is 4.67. The Labute approximate surface area is 91.6 Å². The summed E-state index contributed by atoms with van der Waals surface area (Å²) in [5, 5.41) is 2.02. The molecule has 0 atom stereocenters. The SMILES string of the molecule is COC(=O)c1cccc2cc(Cl)ncc12. The molecule has 2 rings (SSSR count). The van der Waals surface area contributed by atoms with Gasteiger partial charge in [-0.1, -0.05) is 23.7 Å². The first-order valence-electron chi connectivity index (χ1n) is 4.35. The molecule has 1 heterocycles. The van der Waals surface area contributed by atoms with Crippen molar-refractivity contribution in [1.29, 1.82) is 0 Å². The number of carbonyl (C=O) groups is 1. The highest BCUT2D eigenvalue weighted by molar-refractivity contribution is 6.30. The van der Waals surface area contributed by atoms with Gasteiger partial charge in [-0.25, -0.2) is 9.78 Å². The van der Waals surface area contributed by atoms with Gasteiger partial charge in [0.1, 0.15) is 5.15 Å². The van der Waals surface area contributed by atoms with E-state index in [1.165, 1.54) is 7.11 Å². The van der Waals surface area contributed by atoms with Crippen LogP contribution in [0.15, 0.2) is 30.5 Å². The molecule has 0 saturated heterocycles. The number of rotatable bonds is 1. The van der Waals surface area contributed by atoms with Crippen molar-refractivity contribution in [2.45, 2.75) is 0 Å². The van der Waals surface area contributed by atoms with Gasteiger partial charge >= 0.3 is 5.97 Å². The minimum absolute atomic E-state index is 0.371. The predicted octanol–water partition coefficient (Wildman–Crippen LogP) is 2.67. The zero-order valence-electron chi connectivity index (χ0n) is 8.03. The van der Waals surface area contributed by atoms with Crippen molar-refractivity contribution in [3.8, 4) is 0 Å². The van der Waals surface area contributed by atoms with E-state index < -0.39 is 0 Å². The van der Waals surface area contributed by atoms with E-state index >= 15 is 0 Å². The Morgan fingerprint density at radius 1 is 1.47 bits per heavy atom. The Bertz CT molecular complexity index is 525. The topological polar surface area (TPSA) is 39.2 Å². The molecule has 0 amide bonds. The quantitative estimate of drug-likeness (QED) is 0.549. The average Bonchev–Trinajstić information content (AvgIpc) is 2.26. The maximum atomic E-state index is 11.4. The normalized spacial score (nSPS) is 10.3. The molecule has 1 aromatic carbocycles. The first-order chi connectivity index (χ1) is 7.22. The lowest BCUT2D eigenvalue weighted by atomic mass is 10.1. The Morgan fingerprint density at radius 3 is 3.00 bits per heavy atom. The van der Waals surface area contributed by atoms with Crippen LogP contribution >= 0.6 is 11.6 Å². The Balaban J connectivity index is 2.71. The third kappa shape index (κ3) is 1.78. The molecule has 1 aromatic heterocycles. The minimum Gasteiger partial charge on any atom is -0.465 e. The van der Waals surface area contributed by atoms with E-state index in [1.54, 1.807) is 24.4 Å². The van der Waals surface area contributed by atoms with Gasteiger partial charge in [-0.3, -0.25) is 0 Å². The number of hydrogen-bond donors (Lipinski definition) is 0. The van der Waals surface area contributed by atoms with E-state index in [0.29, 0.717) is 10.7 Å². The number of hydrogen-bond acceptors (Lipinski definition) is 3. The number of carbonyl (C=O) groups excluding carboxylic acids is 1. The van der Waals surface area contributed by atoms with Gasteiger partial charge in [0.25, 0.3) is 0 Å². The maximum Gasteiger partial charge on any atom is 0.338 e. The summed E-state index contributed by atoms with van der Waals surface area (Å²) in [7, 11) is 1.35. The molecule has 0 bridgehead atoms. The Morgan fingerprint density at radius 2 is 2.27 bits per heavy atom. The van der Waals surface area contributed by atoms with Crippen LogP contribution < -0.4 is 0 Å². The molecule has 0 aliphatic rings. The second-order valence-corrected chi connectivity index (χ2v) is 3.41. The standard InChI is InChI=1S/C11H8ClNO2/c1-15-11(14)8-4-2-3-7-5-10(12)13-6-9(7)8/h2-6H,1H3. The van der Waals surface area contributed by atoms with E-state index in [4.69, 9.17) is 11.6 Å². The van der Waals surface area contributed by atoms with Gasteiger partial charge in [0.15, 0.2) is 0 Å². The highest BCUT2D eigenvalue weighted by Gasteiger charge is 2.09. The fraction of sp³-hybridized carbons (Fsp3) is 0.0909.